The third kappa shape index (κ3) is 2.60. The van der Waals surface area contributed by atoms with Crippen molar-refractivity contribution in [1.82, 2.24) is 5.32 Å². The van der Waals surface area contributed by atoms with Crippen molar-refractivity contribution in [3.05, 3.63) is 35.4 Å². The van der Waals surface area contributed by atoms with Crippen molar-refractivity contribution in [3.63, 3.8) is 0 Å². The van der Waals surface area contributed by atoms with Gasteiger partial charge in [0.2, 0.25) is 5.91 Å². The topological polar surface area (TPSA) is 90.7 Å². The summed E-state index contributed by atoms with van der Waals surface area (Å²) in [7, 11) is 1.35. The number of methoxy groups -OCH3 is 1. The number of esters is 1. The normalized spacial score (nSPS) is 25.5. The van der Waals surface area contributed by atoms with Crippen LogP contribution in [-0.2, 0) is 19.8 Å². The van der Waals surface area contributed by atoms with Gasteiger partial charge >= 0.3 is 5.97 Å². The molecule has 6 nitrogen and oxygen atoms in total. The molecule has 1 atom stereocenters. The van der Waals surface area contributed by atoms with E-state index >= 15 is 0 Å². The third-order valence-corrected chi connectivity index (χ3v) is 4.47. The highest BCUT2D eigenvalue weighted by Gasteiger charge is 2.49. The van der Waals surface area contributed by atoms with E-state index in [2.05, 4.69) is 10.1 Å². The fraction of sp³-hybridized carbons (Fsp3) is 0.500. The molecule has 1 amide bonds. The molecule has 0 aromatic heterocycles. The number of hydrogen-bond donors (Lipinski definition) is 2. The van der Waals surface area contributed by atoms with E-state index in [0.29, 0.717) is 18.6 Å². The lowest BCUT2D eigenvalue weighted by Crippen LogP contribution is -2.56. The molecule has 22 heavy (non-hydrogen) atoms. The second kappa shape index (κ2) is 5.37. The summed E-state index contributed by atoms with van der Waals surface area (Å²) >= 11 is 0. The van der Waals surface area contributed by atoms with Crippen LogP contribution < -0.4 is 11.1 Å². The van der Waals surface area contributed by atoms with Crippen molar-refractivity contribution in [1.29, 1.82) is 0 Å². The highest BCUT2D eigenvalue weighted by Crippen LogP contribution is 2.46. The molecule has 1 aliphatic carbocycles. The molecule has 0 bridgehead atoms. The van der Waals surface area contributed by atoms with Gasteiger partial charge in [-0.25, -0.2) is 4.79 Å². The Morgan fingerprint density at radius 3 is 2.41 bits per heavy atom. The molecule has 1 aromatic carbocycles. The van der Waals surface area contributed by atoms with E-state index in [4.69, 9.17) is 10.5 Å². The first-order valence-electron chi connectivity index (χ1n) is 7.37. The summed E-state index contributed by atoms with van der Waals surface area (Å²) in [4.78, 5) is 23.9. The van der Waals surface area contributed by atoms with Crippen LogP contribution in [0.25, 0.3) is 0 Å². The maximum absolute atomic E-state index is 12.4. The first kappa shape index (κ1) is 15.0. The first-order valence-corrected chi connectivity index (χ1v) is 7.37. The van der Waals surface area contributed by atoms with E-state index in [1.54, 1.807) is 12.1 Å². The van der Waals surface area contributed by atoms with Crippen molar-refractivity contribution in [3.8, 4) is 0 Å². The molecule has 0 radical (unpaired) electrons. The van der Waals surface area contributed by atoms with Gasteiger partial charge in [0.15, 0.2) is 0 Å². The number of hydrogen-bond acceptors (Lipinski definition) is 5. The highest BCUT2D eigenvalue weighted by atomic mass is 16.5. The number of ether oxygens (including phenoxy) is 2. The quantitative estimate of drug-likeness (QED) is 0.799. The van der Waals surface area contributed by atoms with Crippen LogP contribution in [0.1, 0.15) is 35.2 Å². The van der Waals surface area contributed by atoms with Crippen molar-refractivity contribution >= 4 is 11.9 Å². The summed E-state index contributed by atoms with van der Waals surface area (Å²) in [5, 5.41) is 3.07. The molecule has 1 aromatic rings. The minimum atomic E-state index is -0.929. The van der Waals surface area contributed by atoms with E-state index in [1.807, 2.05) is 12.1 Å². The van der Waals surface area contributed by atoms with Gasteiger partial charge in [0.05, 0.1) is 24.8 Å². The van der Waals surface area contributed by atoms with Crippen LogP contribution in [0.3, 0.4) is 0 Å². The summed E-state index contributed by atoms with van der Waals surface area (Å²) in [5.41, 5.74) is 6.29. The zero-order valence-electron chi connectivity index (χ0n) is 12.6. The number of carbonyl (C=O) groups is 2. The number of nitrogens with two attached hydrogens (primary N) is 1. The van der Waals surface area contributed by atoms with E-state index in [0.717, 1.165) is 18.4 Å². The molecule has 1 saturated heterocycles. The predicted octanol–water partition coefficient (Wildman–Crippen LogP) is 0.696. The molecule has 3 N–H and O–H groups in total. The average Bonchev–Trinajstić information content (AvgIpc) is 3.18. The van der Waals surface area contributed by atoms with Gasteiger partial charge in [-0.1, -0.05) is 12.1 Å². The summed E-state index contributed by atoms with van der Waals surface area (Å²) < 4.78 is 9.92. The lowest BCUT2D eigenvalue weighted by atomic mass is 9.96. The molecule has 1 saturated carbocycles. The first-order chi connectivity index (χ1) is 10.5. The maximum atomic E-state index is 12.4. The van der Waals surface area contributed by atoms with E-state index < -0.39 is 5.54 Å². The third-order valence-electron chi connectivity index (χ3n) is 4.47. The fourth-order valence-corrected chi connectivity index (χ4v) is 2.76. The molecule has 3 rings (SSSR count). The lowest BCUT2D eigenvalue weighted by molar-refractivity contribution is -0.127. The summed E-state index contributed by atoms with van der Waals surface area (Å²) in [6, 6.07) is 7.14. The van der Waals surface area contributed by atoms with Gasteiger partial charge in [-0.05, 0) is 37.0 Å². The number of amides is 1. The molecule has 1 unspecified atom stereocenters. The molecule has 2 aliphatic rings. The smallest absolute Gasteiger partial charge is 0.337 e. The van der Waals surface area contributed by atoms with Crippen molar-refractivity contribution in [2.75, 3.05) is 20.3 Å². The second-order valence-electron chi connectivity index (χ2n) is 6.06. The van der Waals surface area contributed by atoms with Gasteiger partial charge in [0, 0.05) is 6.61 Å². The van der Waals surface area contributed by atoms with E-state index in [9.17, 15) is 9.59 Å². The van der Waals surface area contributed by atoms with Crippen LogP contribution in [-0.4, -0.2) is 37.7 Å². The Labute approximate surface area is 129 Å². The molecule has 6 heteroatoms. The molecule has 1 aliphatic heterocycles. The van der Waals surface area contributed by atoms with E-state index in [1.165, 1.54) is 7.11 Å². The Morgan fingerprint density at radius 1 is 1.23 bits per heavy atom. The maximum Gasteiger partial charge on any atom is 0.337 e. The predicted molar refractivity (Wildman–Crippen MR) is 79.2 cm³/mol. The van der Waals surface area contributed by atoms with Crippen LogP contribution in [0, 0.1) is 0 Å². The number of nitrogens with one attached hydrogen (secondary N) is 1. The van der Waals surface area contributed by atoms with Crippen LogP contribution in [0.4, 0.5) is 0 Å². The van der Waals surface area contributed by atoms with Gasteiger partial charge in [-0.15, -0.1) is 0 Å². The van der Waals surface area contributed by atoms with Crippen LogP contribution in [0.15, 0.2) is 24.3 Å². The Kier molecular flexibility index (Phi) is 3.66. The molecule has 2 fully saturated rings. The molecule has 118 valence electrons. The lowest BCUT2D eigenvalue weighted by Gasteiger charge is -2.26. The highest BCUT2D eigenvalue weighted by molar-refractivity contribution is 5.89. The second-order valence-corrected chi connectivity index (χ2v) is 6.06. The van der Waals surface area contributed by atoms with Crippen LogP contribution >= 0.6 is 0 Å². The summed E-state index contributed by atoms with van der Waals surface area (Å²) in [5.74, 6) is -0.538. The largest absolute Gasteiger partial charge is 0.465 e. The van der Waals surface area contributed by atoms with Gasteiger partial charge < -0.3 is 20.5 Å². The SMILES string of the molecule is COC(=O)c1ccc(C2(NC(=O)C3(N)CCOC3)CC2)cc1. The summed E-state index contributed by atoms with van der Waals surface area (Å²) in [6.07, 6.45) is 2.27. The fourth-order valence-electron chi connectivity index (χ4n) is 2.76. The monoisotopic (exact) mass is 304 g/mol. The Balaban J connectivity index is 1.73. The molecular formula is C16H20N2O4. The van der Waals surface area contributed by atoms with Gasteiger partial charge in [0.1, 0.15) is 5.54 Å². The van der Waals surface area contributed by atoms with Crippen LogP contribution in [0.5, 0.6) is 0 Å². The minimum absolute atomic E-state index is 0.167. The molecule has 0 spiro atoms. The van der Waals surface area contributed by atoms with Crippen molar-refractivity contribution in [2.24, 2.45) is 5.73 Å². The standard InChI is InChI=1S/C16H20N2O4/c1-21-13(19)11-2-4-12(5-3-11)16(6-7-16)18-14(20)15(17)8-9-22-10-15/h2-5H,6-10,17H2,1H3,(H,18,20). The number of carbonyl (C=O) groups excluding carboxylic acids is 2. The zero-order chi connectivity index (χ0) is 15.8. The van der Waals surface area contributed by atoms with Crippen LogP contribution in [0.2, 0.25) is 0 Å². The van der Waals surface area contributed by atoms with E-state index in [-0.39, 0.29) is 24.0 Å². The molecule has 1 heterocycles. The number of rotatable bonds is 4. The Morgan fingerprint density at radius 2 is 1.91 bits per heavy atom. The van der Waals surface area contributed by atoms with Gasteiger partial charge in [-0.3, -0.25) is 4.79 Å². The molecular weight excluding hydrogens is 284 g/mol. The van der Waals surface area contributed by atoms with Crippen molar-refractivity contribution in [2.45, 2.75) is 30.3 Å². The Hall–Kier alpha value is -1.92. The Bertz CT molecular complexity index is 587. The van der Waals surface area contributed by atoms with Crippen molar-refractivity contribution < 1.29 is 19.1 Å². The average molecular weight is 304 g/mol. The summed E-state index contributed by atoms with van der Waals surface area (Å²) in [6.45, 7) is 0.779. The number of benzene rings is 1. The van der Waals surface area contributed by atoms with Gasteiger partial charge in [-0.2, -0.15) is 0 Å². The minimum Gasteiger partial charge on any atom is -0.465 e. The van der Waals surface area contributed by atoms with Gasteiger partial charge in [0.25, 0.3) is 0 Å². The zero-order valence-corrected chi connectivity index (χ0v) is 12.6.